The van der Waals surface area contributed by atoms with Crippen LogP contribution in [0.1, 0.15) is 37.3 Å². The Kier molecular flexibility index (Phi) is 6.55. The van der Waals surface area contributed by atoms with Crippen LogP contribution in [0.3, 0.4) is 0 Å². The fourth-order valence-electron chi connectivity index (χ4n) is 4.56. The number of rotatable bonds is 6. The Morgan fingerprint density at radius 1 is 1.06 bits per heavy atom. The summed E-state index contributed by atoms with van der Waals surface area (Å²) in [5.41, 5.74) is 0.992. The largest absolute Gasteiger partial charge is 0.497 e. The highest BCUT2D eigenvalue weighted by atomic mass is 32.2. The standard InChI is InChI=1S/C22H28N2O5S2/c1-28-17-7-8-18(20(15-17)29-2)19-5-3-11-24(19)22(25)16-9-12-23(13-10-16)31(26,27)21-6-4-14-30-21/h4,6-8,14-16,19H,3,5,9-13H2,1-2H3. The van der Waals surface area contributed by atoms with Crippen molar-refractivity contribution in [2.75, 3.05) is 33.9 Å². The van der Waals surface area contributed by atoms with Gasteiger partial charge >= 0.3 is 0 Å². The highest BCUT2D eigenvalue weighted by Crippen LogP contribution is 2.40. The van der Waals surface area contributed by atoms with Crippen molar-refractivity contribution in [3.05, 3.63) is 41.3 Å². The second-order valence-corrected chi connectivity index (χ2v) is 11.0. The number of hydrogen-bond donors (Lipinski definition) is 0. The van der Waals surface area contributed by atoms with Crippen molar-refractivity contribution in [1.82, 2.24) is 9.21 Å². The Morgan fingerprint density at radius 3 is 2.48 bits per heavy atom. The summed E-state index contributed by atoms with van der Waals surface area (Å²) in [5.74, 6) is 1.41. The molecule has 1 aromatic heterocycles. The summed E-state index contributed by atoms with van der Waals surface area (Å²) in [6, 6.07) is 9.07. The topological polar surface area (TPSA) is 76.2 Å². The van der Waals surface area contributed by atoms with Crippen LogP contribution in [-0.2, 0) is 14.8 Å². The van der Waals surface area contributed by atoms with E-state index in [1.807, 2.05) is 23.1 Å². The predicted octanol–water partition coefficient (Wildman–Crippen LogP) is 3.53. The first-order valence-electron chi connectivity index (χ1n) is 10.5. The number of carbonyl (C=O) groups excluding carboxylic acids is 1. The van der Waals surface area contributed by atoms with Gasteiger partial charge in [0.25, 0.3) is 10.0 Å². The predicted molar refractivity (Wildman–Crippen MR) is 119 cm³/mol. The molecule has 7 nitrogen and oxygen atoms in total. The van der Waals surface area contributed by atoms with Crippen molar-refractivity contribution in [2.45, 2.75) is 35.9 Å². The quantitative estimate of drug-likeness (QED) is 0.654. The van der Waals surface area contributed by atoms with E-state index in [0.717, 1.165) is 29.9 Å². The summed E-state index contributed by atoms with van der Waals surface area (Å²) in [4.78, 5) is 15.3. The van der Waals surface area contributed by atoms with Gasteiger partial charge in [0.05, 0.1) is 20.3 Å². The van der Waals surface area contributed by atoms with Crippen molar-refractivity contribution in [3.8, 4) is 11.5 Å². The van der Waals surface area contributed by atoms with Crippen molar-refractivity contribution in [2.24, 2.45) is 5.92 Å². The first-order valence-corrected chi connectivity index (χ1v) is 12.8. The maximum atomic E-state index is 13.4. The number of methoxy groups -OCH3 is 2. The van der Waals surface area contributed by atoms with Gasteiger partial charge in [0.15, 0.2) is 0 Å². The van der Waals surface area contributed by atoms with Gasteiger partial charge in [0, 0.05) is 37.2 Å². The fraction of sp³-hybridized carbons (Fsp3) is 0.500. The van der Waals surface area contributed by atoms with Gasteiger partial charge in [-0.25, -0.2) is 8.42 Å². The maximum Gasteiger partial charge on any atom is 0.252 e. The molecule has 1 amide bonds. The molecule has 1 aromatic carbocycles. The van der Waals surface area contributed by atoms with E-state index < -0.39 is 10.0 Å². The lowest BCUT2D eigenvalue weighted by Gasteiger charge is -2.34. The molecule has 2 aliphatic heterocycles. The zero-order valence-corrected chi connectivity index (χ0v) is 19.5. The number of piperidine rings is 1. The molecule has 0 aliphatic carbocycles. The van der Waals surface area contributed by atoms with Crippen LogP contribution in [0.15, 0.2) is 39.9 Å². The highest BCUT2D eigenvalue weighted by Gasteiger charge is 2.38. The Morgan fingerprint density at radius 2 is 1.84 bits per heavy atom. The third-order valence-corrected chi connectivity index (χ3v) is 9.50. The molecule has 2 aliphatic rings. The lowest BCUT2D eigenvalue weighted by atomic mass is 9.95. The van der Waals surface area contributed by atoms with E-state index in [2.05, 4.69) is 0 Å². The molecule has 9 heteroatoms. The summed E-state index contributed by atoms with van der Waals surface area (Å²) in [7, 11) is -0.214. The molecule has 31 heavy (non-hydrogen) atoms. The van der Waals surface area contributed by atoms with Crippen LogP contribution < -0.4 is 9.47 Å². The van der Waals surface area contributed by atoms with E-state index in [0.29, 0.717) is 36.7 Å². The summed E-state index contributed by atoms with van der Waals surface area (Å²) in [5, 5.41) is 1.77. The van der Waals surface area contributed by atoms with Crippen LogP contribution in [0.4, 0.5) is 0 Å². The average molecular weight is 465 g/mol. The fourth-order valence-corrected chi connectivity index (χ4v) is 7.18. The first kappa shape index (κ1) is 22.1. The molecule has 0 spiro atoms. The number of amides is 1. The van der Waals surface area contributed by atoms with Crippen LogP contribution in [0, 0.1) is 5.92 Å². The minimum atomic E-state index is -3.46. The number of ether oxygens (including phenoxy) is 2. The smallest absolute Gasteiger partial charge is 0.252 e. The third-order valence-electron chi connectivity index (χ3n) is 6.23. The van der Waals surface area contributed by atoms with E-state index >= 15 is 0 Å². The van der Waals surface area contributed by atoms with Gasteiger partial charge < -0.3 is 14.4 Å². The van der Waals surface area contributed by atoms with Gasteiger partial charge in [-0.15, -0.1) is 11.3 Å². The Balaban J connectivity index is 1.45. The van der Waals surface area contributed by atoms with Crippen molar-refractivity contribution < 1.29 is 22.7 Å². The number of sulfonamides is 1. The SMILES string of the molecule is COc1ccc(C2CCCN2C(=O)C2CCN(S(=O)(=O)c3cccs3)CC2)c(OC)c1. The monoisotopic (exact) mass is 464 g/mol. The Hall–Kier alpha value is -2.10. The lowest BCUT2D eigenvalue weighted by molar-refractivity contribution is -0.137. The number of carbonyl (C=O) groups is 1. The normalized spacial score (nSPS) is 20.7. The van der Waals surface area contributed by atoms with Gasteiger partial charge in [-0.1, -0.05) is 6.07 Å². The first-order chi connectivity index (χ1) is 15.0. The second kappa shape index (κ2) is 9.18. The zero-order valence-electron chi connectivity index (χ0n) is 17.8. The number of likely N-dealkylation sites (tertiary alicyclic amines) is 1. The molecule has 4 rings (SSSR count). The van der Waals surface area contributed by atoms with E-state index in [9.17, 15) is 13.2 Å². The number of hydrogen-bond acceptors (Lipinski definition) is 6. The molecule has 2 fully saturated rings. The summed E-state index contributed by atoms with van der Waals surface area (Å²) >= 11 is 1.23. The highest BCUT2D eigenvalue weighted by molar-refractivity contribution is 7.91. The van der Waals surface area contributed by atoms with Crippen LogP contribution in [0.5, 0.6) is 11.5 Å². The van der Waals surface area contributed by atoms with Crippen LogP contribution in [0.25, 0.3) is 0 Å². The van der Waals surface area contributed by atoms with Gasteiger partial charge in [0.1, 0.15) is 15.7 Å². The number of benzene rings is 1. The van der Waals surface area contributed by atoms with Crippen molar-refractivity contribution in [3.63, 3.8) is 0 Å². The van der Waals surface area contributed by atoms with E-state index in [4.69, 9.17) is 9.47 Å². The van der Waals surface area contributed by atoms with Crippen LogP contribution in [-0.4, -0.2) is 57.4 Å². The average Bonchev–Trinajstić information content (AvgIpc) is 3.51. The molecule has 1 unspecified atom stereocenters. The molecular formula is C22H28N2O5S2. The maximum absolute atomic E-state index is 13.4. The molecule has 2 saturated heterocycles. The van der Waals surface area contributed by atoms with E-state index in [1.54, 1.807) is 31.7 Å². The summed E-state index contributed by atoms with van der Waals surface area (Å²) < 4.78 is 38.3. The number of nitrogens with zero attached hydrogens (tertiary/aromatic N) is 2. The van der Waals surface area contributed by atoms with Crippen LogP contribution >= 0.6 is 11.3 Å². The van der Waals surface area contributed by atoms with Gasteiger partial charge in [-0.05, 0) is 49.3 Å². The second-order valence-electron chi connectivity index (χ2n) is 7.91. The number of thiophene rings is 1. The molecule has 1 atom stereocenters. The zero-order chi connectivity index (χ0) is 22.0. The van der Waals surface area contributed by atoms with Crippen LogP contribution in [0.2, 0.25) is 0 Å². The minimum absolute atomic E-state index is 0.0266. The summed E-state index contributed by atoms with van der Waals surface area (Å²) in [6.45, 7) is 1.47. The summed E-state index contributed by atoms with van der Waals surface area (Å²) in [6.07, 6.45) is 2.93. The van der Waals surface area contributed by atoms with Gasteiger partial charge in [0.2, 0.25) is 5.91 Å². The molecule has 0 saturated carbocycles. The molecular weight excluding hydrogens is 436 g/mol. The Bertz CT molecular complexity index is 1010. The van der Waals surface area contributed by atoms with E-state index in [1.165, 1.54) is 15.6 Å². The molecule has 0 N–H and O–H groups in total. The van der Waals surface area contributed by atoms with Gasteiger partial charge in [-0.3, -0.25) is 4.79 Å². The molecule has 0 bridgehead atoms. The molecule has 0 radical (unpaired) electrons. The molecule has 2 aromatic rings. The molecule has 3 heterocycles. The van der Waals surface area contributed by atoms with Crippen molar-refractivity contribution in [1.29, 1.82) is 0 Å². The van der Waals surface area contributed by atoms with Crippen molar-refractivity contribution >= 4 is 27.3 Å². The Labute approximate surface area is 187 Å². The third kappa shape index (κ3) is 4.31. The lowest BCUT2D eigenvalue weighted by Crippen LogP contribution is -2.44. The van der Waals surface area contributed by atoms with E-state index in [-0.39, 0.29) is 17.9 Å². The molecule has 168 valence electrons. The van der Waals surface area contributed by atoms with Gasteiger partial charge in [-0.2, -0.15) is 4.31 Å². The minimum Gasteiger partial charge on any atom is -0.497 e.